The number of aromatic nitrogens is 2. The van der Waals surface area contributed by atoms with Crippen LogP contribution in [0.15, 0.2) is 29.2 Å². The van der Waals surface area contributed by atoms with Crippen molar-refractivity contribution in [3.8, 4) is 11.3 Å². The summed E-state index contributed by atoms with van der Waals surface area (Å²) in [7, 11) is 1.50. The van der Waals surface area contributed by atoms with Gasteiger partial charge in [-0.05, 0) is 30.4 Å². The van der Waals surface area contributed by atoms with Gasteiger partial charge in [0, 0.05) is 17.5 Å². The van der Waals surface area contributed by atoms with Gasteiger partial charge in [0.25, 0.3) is 0 Å². The van der Waals surface area contributed by atoms with Crippen molar-refractivity contribution in [2.75, 3.05) is 5.75 Å². The van der Waals surface area contributed by atoms with E-state index in [0.29, 0.717) is 16.3 Å². The summed E-state index contributed by atoms with van der Waals surface area (Å²) in [6, 6.07) is 6.27. The molecule has 1 aromatic carbocycles. The van der Waals surface area contributed by atoms with Crippen LogP contribution in [0, 0.1) is 0 Å². The van der Waals surface area contributed by atoms with E-state index in [2.05, 4.69) is 12.0 Å². The van der Waals surface area contributed by atoms with Gasteiger partial charge in [-0.15, -0.1) is 11.8 Å². The first kappa shape index (κ1) is 16.2. The average molecular weight is 335 g/mol. The van der Waals surface area contributed by atoms with E-state index >= 15 is 0 Å². The van der Waals surface area contributed by atoms with Crippen LogP contribution in [0.5, 0.6) is 0 Å². The Hall–Kier alpha value is -1.14. The van der Waals surface area contributed by atoms with E-state index in [4.69, 9.17) is 11.6 Å². The fourth-order valence-electron chi connectivity index (χ4n) is 1.86. The highest BCUT2D eigenvalue weighted by Gasteiger charge is 2.34. The maximum absolute atomic E-state index is 12.7. The molecular weight excluding hydrogens is 321 g/mol. The van der Waals surface area contributed by atoms with Crippen LogP contribution in [-0.4, -0.2) is 15.5 Å². The van der Waals surface area contributed by atoms with E-state index < -0.39 is 11.9 Å². The van der Waals surface area contributed by atoms with Crippen LogP contribution in [0.3, 0.4) is 0 Å². The second-order valence-electron chi connectivity index (χ2n) is 4.53. The minimum absolute atomic E-state index is 0.414. The molecule has 0 aliphatic heterocycles. The molecule has 1 aromatic heterocycles. The zero-order valence-corrected chi connectivity index (χ0v) is 13.1. The highest BCUT2D eigenvalue weighted by molar-refractivity contribution is 7.99. The second kappa shape index (κ2) is 6.32. The fraction of sp³-hybridized carbons (Fsp3) is 0.357. The van der Waals surface area contributed by atoms with Crippen molar-refractivity contribution < 1.29 is 13.2 Å². The molecule has 0 fully saturated rings. The second-order valence-corrected chi connectivity index (χ2v) is 6.07. The van der Waals surface area contributed by atoms with Crippen LogP contribution in [0.4, 0.5) is 13.2 Å². The molecule has 0 unspecified atom stereocenters. The van der Waals surface area contributed by atoms with Crippen molar-refractivity contribution in [2.45, 2.75) is 24.4 Å². The van der Waals surface area contributed by atoms with Gasteiger partial charge in [0.15, 0.2) is 5.69 Å². The molecule has 21 heavy (non-hydrogen) atoms. The molecule has 7 heteroatoms. The van der Waals surface area contributed by atoms with E-state index in [1.165, 1.54) is 11.7 Å². The molecule has 2 aromatic rings. The predicted molar refractivity (Wildman–Crippen MR) is 79.7 cm³/mol. The van der Waals surface area contributed by atoms with Crippen molar-refractivity contribution in [1.29, 1.82) is 0 Å². The van der Waals surface area contributed by atoms with Crippen molar-refractivity contribution in [2.24, 2.45) is 7.05 Å². The Kier molecular flexibility index (Phi) is 4.88. The van der Waals surface area contributed by atoms with E-state index in [1.807, 2.05) is 0 Å². The molecular formula is C14H14ClF3N2S. The van der Waals surface area contributed by atoms with Gasteiger partial charge in [-0.25, -0.2) is 0 Å². The van der Waals surface area contributed by atoms with Gasteiger partial charge in [0.2, 0.25) is 0 Å². The average Bonchev–Trinajstić information content (AvgIpc) is 2.80. The van der Waals surface area contributed by atoms with E-state index in [9.17, 15) is 13.2 Å². The lowest BCUT2D eigenvalue weighted by Crippen LogP contribution is -2.06. The first-order chi connectivity index (χ1) is 9.82. The number of rotatable bonds is 4. The first-order valence-corrected chi connectivity index (χ1v) is 7.73. The Morgan fingerprint density at radius 3 is 2.57 bits per heavy atom. The number of aryl methyl sites for hydroxylation is 1. The lowest BCUT2D eigenvalue weighted by atomic mass is 10.1. The van der Waals surface area contributed by atoms with Gasteiger partial charge < -0.3 is 0 Å². The molecule has 0 amide bonds. The molecule has 0 aliphatic rings. The molecule has 0 radical (unpaired) electrons. The van der Waals surface area contributed by atoms with Gasteiger partial charge in [-0.2, -0.15) is 18.3 Å². The SMILES string of the molecule is CCCSc1cc(-c2cc(C(F)(F)F)nn2C)ccc1Cl. The number of halogens is 4. The molecule has 0 spiro atoms. The maximum atomic E-state index is 12.7. The summed E-state index contributed by atoms with van der Waals surface area (Å²) in [5, 5.41) is 4.13. The van der Waals surface area contributed by atoms with Crippen LogP contribution in [0.1, 0.15) is 19.0 Å². The zero-order valence-electron chi connectivity index (χ0n) is 11.5. The number of thioether (sulfide) groups is 1. The summed E-state index contributed by atoms with van der Waals surface area (Å²) < 4.78 is 39.4. The van der Waals surface area contributed by atoms with Crippen LogP contribution in [0.25, 0.3) is 11.3 Å². The number of nitrogens with zero attached hydrogens (tertiary/aromatic N) is 2. The first-order valence-electron chi connectivity index (χ1n) is 6.37. The van der Waals surface area contributed by atoms with E-state index in [0.717, 1.165) is 23.1 Å². The third-order valence-electron chi connectivity index (χ3n) is 2.86. The summed E-state index contributed by atoms with van der Waals surface area (Å²) in [5.41, 5.74) is 0.193. The molecule has 0 saturated heterocycles. The van der Waals surface area contributed by atoms with Crippen molar-refractivity contribution in [3.05, 3.63) is 35.0 Å². The van der Waals surface area contributed by atoms with Gasteiger partial charge in [0.05, 0.1) is 10.7 Å². The van der Waals surface area contributed by atoms with Gasteiger partial charge >= 0.3 is 6.18 Å². The standard InChI is InChI=1S/C14H14ClF3N2S/c1-3-6-21-12-7-9(4-5-10(12)15)11-8-13(14(16,17)18)19-20(11)2/h4-5,7-8H,3,6H2,1-2H3. The van der Waals surface area contributed by atoms with Crippen molar-refractivity contribution in [3.63, 3.8) is 0 Å². The van der Waals surface area contributed by atoms with Crippen molar-refractivity contribution in [1.82, 2.24) is 9.78 Å². The van der Waals surface area contributed by atoms with Crippen molar-refractivity contribution >= 4 is 23.4 Å². The highest BCUT2D eigenvalue weighted by Crippen LogP contribution is 2.35. The number of benzene rings is 1. The summed E-state index contributed by atoms with van der Waals surface area (Å²) in [6.07, 6.45) is -3.45. The largest absolute Gasteiger partial charge is 0.435 e. The quantitative estimate of drug-likeness (QED) is 0.710. The third kappa shape index (κ3) is 3.74. The normalized spacial score (nSPS) is 11.9. The Morgan fingerprint density at radius 2 is 2.00 bits per heavy atom. The third-order valence-corrected chi connectivity index (χ3v) is 4.56. The van der Waals surface area contributed by atoms with Crippen LogP contribution in [0.2, 0.25) is 5.02 Å². The minimum atomic E-state index is -4.44. The minimum Gasteiger partial charge on any atom is -0.267 e. The van der Waals surface area contributed by atoms with Crippen LogP contribution < -0.4 is 0 Å². The molecule has 2 rings (SSSR count). The molecule has 0 aliphatic carbocycles. The highest BCUT2D eigenvalue weighted by atomic mass is 35.5. The molecule has 1 heterocycles. The smallest absolute Gasteiger partial charge is 0.267 e. The van der Waals surface area contributed by atoms with Gasteiger partial charge in [-0.1, -0.05) is 24.6 Å². The fourth-order valence-corrected chi connectivity index (χ4v) is 2.98. The Bertz CT molecular complexity index is 638. The maximum Gasteiger partial charge on any atom is 0.435 e. The molecule has 0 bridgehead atoms. The van der Waals surface area contributed by atoms with E-state index in [-0.39, 0.29) is 0 Å². The number of hydrogen-bond acceptors (Lipinski definition) is 2. The van der Waals surface area contributed by atoms with Crippen LogP contribution in [-0.2, 0) is 13.2 Å². The Morgan fingerprint density at radius 1 is 1.29 bits per heavy atom. The Balaban J connectivity index is 2.40. The molecule has 0 atom stereocenters. The van der Waals surface area contributed by atoms with Crippen LogP contribution >= 0.6 is 23.4 Å². The summed E-state index contributed by atoms with van der Waals surface area (Å²) in [4.78, 5) is 0.866. The monoisotopic (exact) mass is 334 g/mol. The summed E-state index contributed by atoms with van der Waals surface area (Å²) >= 11 is 7.70. The van der Waals surface area contributed by atoms with Gasteiger partial charge in [0.1, 0.15) is 0 Å². The summed E-state index contributed by atoms with van der Waals surface area (Å²) in [6.45, 7) is 2.06. The number of alkyl halides is 3. The van der Waals surface area contributed by atoms with E-state index in [1.54, 1.807) is 30.0 Å². The molecule has 0 saturated carbocycles. The lowest BCUT2D eigenvalue weighted by molar-refractivity contribution is -0.141. The van der Waals surface area contributed by atoms with Gasteiger partial charge in [-0.3, -0.25) is 4.68 Å². The summed E-state index contributed by atoms with van der Waals surface area (Å²) in [5.74, 6) is 0.905. The molecule has 0 N–H and O–H groups in total. The number of hydrogen-bond donors (Lipinski definition) is 0. The zero-order chi connectivity index (χ0) is 15.6. The lowest BCUT2D eigenvalue weighted by Gasteiger charge is -2.07. The molecule has 114 valence electrons. The predicted octanol–water partition coefficient (Wildman–Crippen LogP) is 5.26. The Labute approximate surface area is 130 Å². The molecule has 2 nitrogen and oxygen atoms in total. The topological polar surface area (TPSA) is 17.8 Å².